The quantitative estimate of drug-likeness (QED) is 0.775. The van der Waals surface area contributed by atoms with Gasteiger partial charge in [0.15, 0.2) is 0 Å². The van der Waals surface area contributed by atoms with E-state index in [2.05, 4.69) is 0 Å². The fourth-order valence-electron chi connectivity index (χ4n) is 2.04. The molecular formula is C20H16FeN2O. The van der Waals surface area contributed by atoms with Crippen molar-refractivity contribution in [3.8, 4) is 17.9 Å². The van der Waals surface area contributed by atoms with Crippen molar-refractivity contribution in [2.24, 2.45) is 0 Å². The second-order valence-electron chi connectivity index (χ2n) is 4.76. The van der Waals surface area contributed by atoms with E-state index in [9.17, 15) is 0 Å². The molecule has 120 valence electrons. The van der Waals surface area contributed by atoms with Crippen LogP contribution in [-0.2, 0) is 17.1 Å². The second-order valence-corrected chi connectivity index (χ2v) is 4.76. The van der Waals surface area contributed by atoms with Crippen LogP contribution < -0.4 is 4.74 Å². The Balaban J connectivity index is 0.000000412. The molecule has 4 heteroatoms. The molecule has 0 unspecified atom stereocenters. The summed E-state index contributed by atoms with van der Waals surface area (Å²) in [7, 11) is 0. The van der Waals surface area contributed by atoms with E-state index >= 15 is 0 Å². The van der Waals surface area contributed by atoms with Crippen molar-refractivity contribution in [3.05, 3.63) is 93.0 Å². The summed E-state index contributed by atoms with van der Waals surface area (Å²) < 4.78 is 5.57. The van der Waals surface area contributed by atoms with Gasteiger partial charge in [-0.25, -0.2) is 0 Å². The van der Waals surface area contributed by atoms with Gasteiger partial charge in [-0.1, -0.05) is 6.07 Å². The van der Waals surface area contributed by atoms with E-state index in [1.807, 2.05) is 69.9 Å². The Kier molecular flexibility index (Phi) is 10.3. The van der Waals surface area contributed by atoms with Crippen molar-refractivity contribution < 1.29 is 21.8 Å². The Labute approximate surface area is 156 Å². The predicted octanol–water partition coefficient (Wildman–Crippen LogP) is 3.62. The number of ether oxygens (including phenoxy) is 1. The molecule has 0 spiro atoms. The molecule has 1 aromatic rings. The molecule has 0 saturated heterocycles. The number of nitrogens with zero attached hydrogens (tertiary/aromatic N) is 2. The van der Waals surface area contributed by atoms with Gasteiger partial charge in [0.05, 0.1) is 12.2 Å². The van der Waals surface area contributed by atoms with Gasteiger partial charge in [0.1, 0.15) is 23.5 Å². The molecule has 1 aromatic carbocycles. The Morgan fingerprint density at radius 3 is 2.00 bits per heavy atom. The largest absolute Gasteiger partial charge is 0.492 e. The molecule has 10 radical (unpaired) electrons. The molecule has 2 aliphatic carbocycles. The third kappa shape index (κ3) is 6.56. The molecule has 2 fully saturated rings. The van der Waals surface area contributed by atoms with E-state index in [0.29, 0.717) is 23.5 Å². The molecule has 2 saturated carbocycles. The number of hydrogen-bond donors (Lipinski definition) is 0. The van der Waals surface area contributed by atoms with Crippen molar-refractivity contribution >= 4 is 0 Å². The summed E-state index contributed by atoms with van der Waals surface area (Å²) in [4.78, 5) is 0. The minimum Gasteiger partial charge on any atom is -0.492 e. The van der Waals surface area contributed by atoms with E-state index in [0.717, 1.165) is 6.42 Å². The average molecular weight is 356 g/mol. The fraction of sp³-hybridized carbons (Fsp3) is 0.100. The van der Waals surface area contributed by atoms with Gasteiger partial charge in [-0.15, -0.1) is 0 Å². The van der Waals surface area contributed by atoms with Gasteiger partial charge in [0.25, 0.3) is 0 Å². The average Bonchev–Trinajstić information content (AvgIpc) is 3.30. The predicted molar refractivity (Wildman–Crippen MR) is 87.9 cm³/mol. The molecule has 0 amide bonds. The second kappa shape index (κ2) is 12.0. The molecule has 3 rings (SSSR count). The Morgan fingerprint density at radius 2 is 1.46 bits per heavy atom. The van der Waals surface area contributed by atoms with Gasteiger partial charge in [-0.3, -0.25) is 0 Å². The van der Waals surface area contributed by atoms with Gasteiger partial charge in [0, 0.05) is 17.1 Å². The first-order valence-electron chi connectivity index (χ1n) is 7.28. The van der Waals surface area contributed by atoms with Crippen LogP contribution in [0.4, 0.5) is 0 Å². The van der Waals surface area contributed by atoms with Crippen LogP contribution in [0.3, 0.4) is 0 Å². The zero-order valence-corrected chi connectivity index (χ0v) is 14.1. The van der Waals surface area contributed by atoms with Crippen molar-refractivity contribution in [1.82, 2.24) is 0 Å². The van der Waals surface area contributed by atoms with Gasteiger partial charge in [0.2, 0.25) is 0 Å². The first kappa shape index (κ1) is 20.6. The van der Waals surface area contributed by atoms with Crippen molar-refractivity contribution in [2.45, 2.75) is 6.42 Å². The summed E-state index contributed by atoms with van der Waals surface area (Å²) in [5.41, 5.74) is 0.658. The van der Waals surface area contributed by atoms with Crippen LogP contribution in [0.5, 0.6) is 5.75 Å². The van der Waals surface area contributed by atoms with E-state index in [1.165, 1.54) is 5.92 Å². The van der Waals surface area contributed by atoms with Crippen LogP contribution in [-0.4, -0.2) is 6.61 Å². The van der Waals surface area contributed by atoms with E-state index < -0.39 is 0 Å². The first-order valence-corrected chi connectivity index (χ1v) is 7.28. The summed E-state index contributed by atoms with van der Waals surface area (Å²) in [6.45, 7) is 0.494. The summed E-state index contributed by atoms with van der Waals surface area (Å²) >= 11 is 0. The van der Waals surface area contributed by atoms with Crippen LogP contribution in [0.15, 0.2) is 18.2 Å². The molecule has 3 nitrogen and oxygen atoms in total. The third-order valence-electron chi connectivity index (χ3n) is 3.19. The Morgan fingerprint density at radius 1 is 0.833 bits per heavy atom. The van der Waals surface area contributed by atoms with Crippen LogP contribution in [0, 0.1) is 86.4 Å². The van der Waals surface area contributed by atoms with Crippen molar-refractivity contribution in [2.75, 3.05) is 6.61 Å². The number of hydrogen-bond acceptors (Lipinski definition) is 3. The Hall–Kier alpha value is -1.48. The summed E-state index contributed by atoms with van der Waals surface area (Å²) in [6, 6.07) is 9.05. The molecular weight excluding hydrogens is 340 g/mol. The van der Waals surface area contributed by atoms with Gasteiger partial charge in [-0.2, -0.15) is 10.5 Å². The molecule has 0 aromatic heterocycles. The maximum Gasteiger partial charge on any atom is 0.138 e. The van der Waals surface area contributed by atoms with E-state index in [1.54, 1.807) is 18.2 Å². The molecule has 0 aliphatic heterocycles. The summed E-state index contributed by atoms with van der Waals surface area (Å²) in [5, 5.41) is 17.9. The Bertz CT molecular complexity index is 556. The number of rotatable bonds is 4. The van der Waals surface area contributed by atoms with Crippen molar-refractivity contribution in [3.63, 3.8) is 0 Å². The summed E-state index contributed by atoms with van der Waals surface area (Å²) in [6.07, 6.45) is 18.8. The van der Waals surface area contributed by atoms with Crippen molar-refractivity contribution in [1.29, 1.82) is 10.5 Å². The summed E-state index contributed by atoms with van der Waals surface area (Å²) in [5.74, 6) is 1.67. The standard InChI is InChI=1S/C15H11N2O.C5H5.Fe/c16-10-13-6-3-7-15(14(13)11-17)18-9-8-12-4-1-2-5-12;1-2-4-5-3-1;/h1-7H,8-9H2;1-5H;. The zero-order valence-electron chi connectivity index (χ0n) is 13.0. The first-order chi connectivity index (χ1) is 11.3. The normalized spacial score (nSPS) is 16.2. The smallest absolute Gasteiger partial charge is 0.138 e. The maximum atomic E-state index is 9.03. The minimum absolute atomic E-state index is 0. The monoisotopic (exact) mass is 356 g/mol. The van der Waals surface area contributed by atoms with Crippen LogP contribution in [0.2, 0.25) is 0 Å². The molecule has 0 atom stereocenters. The molecule has 0 bridgehead atoms. The van der Waals surface area contributed by atoms with Gasteiger partial charge >= 0.3 is 0 Å². The van der Waals surface area contributed by atoms with Gasteiger partial charge in [-0.05, 0) is 82.3 Å². The molecule has 24 heavy (non-hydrogen) atoms. The van der Waals surface area contributed by atoms with Crippen LogP contribution in [0.25, 0.3) is 0 Å². The number of benzene rings is 1. The SMILES string of the molecule is N#Cc1cccc(OCC[C]2[CH][CH][CH][CH]2)c1C#N.[CH]1[CH][CH][CH][CH]1.[Fe]. The zero-order chi connectivity index (χ0) is 16.3. The fourth-order valence-corrected chi connectivity index (χ4v) is 2.04. The molecule has 2 aliphatic rings. The third-order valence-corrected chi connectivity index (χ3v) is 3.19. The van der Waals surface area contributed by atoms with Crippen LogP contribution >= 0.6 is 0 Å². The minimum atomic E-state index is 0. The number of nitriles is 2. The molecule has 0 heterocycles. The van der Waals surface area contributed by atoms with Gasteiger partial charge < -0.3 is 4.74 Å². The van der Waals surface area contributed by atoms with E-state index in [-0.39, 0.29) is 17.1 Å². The van der Waals surface area contributed by atoms with Crippen LogP contribution in [0.1, 0.15) is 17.5 Å². The topological polar surface area (TPSA) is 56.8 Å². The molecule has 0 N–H and O–H groups in total. The van der Waals surface area contributed by atoms with E-state index in [4.69, 9.17) is 15.3 Å². The maximum absolute atomic E-state index is 9.03.